The average Bonchev–Trinajstić information content (AvgIpc) is 2.86. The lowest BCUT2D eigenvalue weighted by Crippen LogP contribution is -2.39. The predicted octanol–water partition coefficient (Wildman–Crippen LogP) is 1.31. The number of aryl methyl sites for hydroxylation is 1. The smallest absolute Gasteiger partial charge is 0.250 e. The van der Waals surface area contributed by atoms with Crippen LogP contribution in [0.25, 0.3) is 0 Å². The maximum atomic E-state index is 11.7. The minimum atomic E-state index is 0.0709. The summed E-state index contributed by atoms with van der Waals surface area (Å²) in [4.78, 5) is 11.7. The van der Waals surface area contributed by atoms with Gasteiger partial charge in [-0.05, 0) is 32.8 Å². The molecule has 4 heteroatoms. The minimum absolute atomic E-state index is 0.0709. The number of rotatable bonds is 5. The second kappa shape index (κ2) is 6.16. The van der Waals surface area contributed by atoms with Gasteiger partial charge in [0.25, 0.3) is 5.56 Å². The van der Waals surface area contributed by atoms with E-state index in [-0.39, 0.29) is 5.56 Å². The van der Waals surface area contributed by atoms with Gasteiger partial charge in [0.1, 0.15) is 0 Å². The standard InChI is InChI=1S/C14H22N2O2/c1-11-5-3-7-14(17)16(11)9-8-15-12(2)13-6-4-10-18-13/h3,5,7,12-13,15H,4,6,8-10H2,1-2H3. The summed E-state index contributed by atoms with van der Waals surface area (Å²) >= 11 is 0. The second-order valence-electron chi connectivity index (χ2n) is 4.95. The van der Waals surface area contributed by atoms with E-state index in [2.05, 4.69) is 12.2 Å². The molecule has 0 amide bonds. The molecule has 0 saturated carbocycles. The highest BCUT2D eigenvalue weighted by Crippen LogP contribution is 2.15. The molecule has 0 aromatic carbocycles. The van der Waals surface area contributed by atoms with Crippen LogP contribution in [0.1, 0.15) is 25.5 Å². The molecule has 0 aliphatic carbocycles. The first kappa shape index (κ1) is 13.3. The molecular formula is C14H22N2O2. The SMILES string of the molecule is Cc1cccc(=O)n1CCNC(C)C1CCCO1. The summed E-state index contributed by atoms with van der Waals surface area (Å²) in [6, 6.07) is 5.73. The molecule has 0 radical (unpaired) electrons. The van der Waals surface area contributed by atoms with Crippen molar-refractivity contribution in [2.24, 2.45) is 0 Å². The minimum Gasteiger partial charge on any atom is -0.377 e. The summed E-state index contributed by atoms with van der Waals surface area (Å²) in [5.41, 5.74) is 1.08. The van der Waals surface area contributed by atoms with Gasteiger partial charge >= 0.3 is 0 Å². The molecule has 1 N–H and O–H groups in total. The Balaban J connectivity index is 1.83. The van der Waals surface area contributed by atoms with Crippen molar-refractivity contribution in [2.45, 2.75) is 45.4 Å². The van der Waals surface area contributed by atoms with Crippen molar-refractivity contribution in [2.75, 3.05) is 13.2 Å². The number of pyridine rings is 1. The van der Waals surface area contributed by atoms with E-state index in [9.17, 15) is 4.79 Å². The number of nitrogens with one attached hydrogen (secondary N) is 1. The third-order valence-electron chi connectivity index (χ3n) is 3.59. The van der Waals surface area contributed by atoms with E-state index in [1.807, 2.05) is 13.0 Å². The van der Waals surface area contributed by atoms with E-state index < -0.39 is 0 Å². The van der Waals surface area contributed by atoms with Crippen LogP contribution in [0.2, 0.25) is 0 Å². The normalized spacial score (nSPS) is 21.1. The zero-order chi connectivity index (χ0) is 13.0. The molecule has 1 aromatic heterocycles. The monoisotopic (exact) mass is 250 g/mol. The highest BCUT2D eigenvalue weighted by atomic mass is 16.5. The van der Waals surface area contributed by atoms with Crippen molar-refractivity contribution in [1.29, 1.82) is 0 Å². The molecule has 1 fully saturated rings. The Hall–Kier alpha value is -1.13. The Bertz CT molecular complexity index is 436. The zero-order valence-electron chi connectivity index (χ0n) is 11.2. The van der Waals surface area contributed by atoms with Gasteiger partial charge in [0.05, 0.1) is 6.10 Å². The average molecular weight is 250 g/mol. The van der Waals surface area contributed by atoms with Gasteiger partial charge in [-0.15, -0.1) is 0 Å². The third-order valence-corrected chi connectivity index (χ3v) is 3.59. The van der Waals surface area contributed by atoms with E-state index in [4.69, 9.17) is 4.74 Å². The van der Waals surface area contributed by atoms with Gasteiger partial charge in [0.2, 0.25) is 0 Å². The fourth-order valence-corrected chi connectivity index (χ4v) is 2.44. The predicted molar refractivity (Wildman–Crippen MR) is 71.9 cm³/mol. The Kier molecular flexibility index (Phi) is 4.55. The molecule has 0 bridgehead atoms. The van der Waals surface area contributed by atoms with Gasteiger partial charge in [-0.3, -0.25) is 4.79 Å². The van der Waals surface area contributed by atoms with Crippen molar-refractivity contribution in [1.82, 2.24) is 9.88 Å². The summed E-state index contributed by atoms with van der Waals surface area (Å²) in [7, 11) is 0. The Morgan fingerprint density at radius 2 is 2.39 bits per heavy atom. The summed E-state index contributed by atoms with van der Waals surface area (Å²) < 4.78 is 7.43. The van der Waals surface area contributed by atoms with E-state index in [1.54, 1.807) is 16.7 Å². The Morgan fingerprint density at radius 3 is 3.06 bits per heavy atom. The lowest BCUT2D eigenvalue weighted by molar-refractivity contribution is 0.0835. The van der Waals surface area contributed by atoms with Crippen molar-refractivity contribution in [3.8, 4) is 0 Å². The van der Waals surface area contributed by atoms with Crippen LogP contribution in [0, 0.1) is 6.92 Å². The summed E-state index contributed by atoms with van der Waals surface area (Å²) in [5.74, 6) is 0. The van der Waals surface area contributed by atoms with Gasteiger partial charge in [0, 0.05) is 37.5 Å². The van der Waals surface area contributed by atoms with E-state index in [1.165, 1.54) is 0 Å². The first-order valence-electron chi connectivity index (χ1n) is 6.70. The van der Waals surface area contributed by atoms with Crippen molar-refractivity contribution >= 4 is 0 Å². The fourth-order valence-electron chi connectivity index (χ4n) is 2.44. The van der Waals surface area contributed by atoms with Crippen LogP contribution < -0.4 is 10.9 Å². The molecule has 2 unspecified atom stereocenters. The number of hydrogen-bond acceptors (Lipinski definition) is 3. The third kappa shape index (κ3) is 3.21. The van der Waals surface area contributed by atoms with Crippen molar-refractivity contribution in [3.63, 3.8) is 0 Å². The molecule has 1 saturated heterocycles. The molecule has 0 spiro atoms. The number of hydrogen-bond donors (Lipinski definition) is 1. The molecule has 1 aromatic rings. The highest BCUT2D eigenvalue weighted by Gasteiger charge is 2.21. The van der Waals surface area contributed by atoms with Crippen molar-refractivity contribution in [3.05, 3.63) is 34.2 Å². The van der Waals surface area contributed by atoms with E-state index in [0.29, 0.717) is 18.7 Å². The van der Waals surface area contributed by atoms with E-state index >= 15 is 0 Å². The maximum absolute atomic E-state index is 11.7. The first-order chi connectivity index (χ1) is 8.68. The number of aromatic nitrogens is 1. The van der Waals surface area contributed by atoms with Crippen LogP contribution in [0.5, 0.6) is 0 Å². The van der Waals surface area contributed by atoms with Gasteiger partial charge in [-0.1, -0.05) is 6.07 Å². The van der Waals surface area contributed by atoms with E-state index in [0.717, 1.165) is 31.7 Å². The molecule has 1 aliphatic heterocycles. The lowest BCUT2D eigenvalue weighted by atomic mass is 10.1. The molecule has 2 rings (SSSR count). The number of nitrogens with zero attached hydrogens (tertiary/aromatic N) is 1. The van der Waals surface area contributed by atoms with Gasteiger partial charge in [-0.25, -0.2) is 0 Å². The number of ether oxygens (including phenoxy) is 1. The molecule has 4 nitrogen and oxygen atoms in total. The van der Waals surface area contributed by atoms with Crippen LogP contribution in [0.3, 0.4) is 0 Å². The molecule has 2 heterocycles. The molecule has 18 heavy (non-hydrogen) atoms. The first-order valence-corrected chi connectivity index (χ1v) is 6.70. The van der Waals surface area contributed by atoms with Gasteiger partial charge in [0.15, 0.2) is 0 Å². The highest BCUT2D eigenvalue weighted by molar-refractivity contribution is 5.04. The van der Waals surface area contributed by atoms with Crippen LogP contribution in [-0.2, 0) is 11.3 Å². The second-order valence-corrected chi connectivity index (χ2v) is 4.95. The molecule has 1 aliphatic rings. The Morgan fingerprint density at radius 1 is 1.56 bits per heavy atom. The maximum Gasteiger partial charge on any atom is 0.250 e. The van der Waals surface area contributed by atoms with Crippen LogP contribution in [-0.4, -0.2) is 29.9 Å². The molecule has 2 atom stereocenters. The van der Waals surface area contributed by atoms with Crippen LogP contribution in [0.4, 0.5) is 0 Å². The van der Waals surface area contributed by atoms with Crippen LogP contribution in [0.15, 0.2) is 23.0 Å². The topological polar surface area (TPSA) is 43.3 Å². The molecule has 100 valence electrons. The summed E-state index contributed by atoms with van der Waals surface area (Å²) in [6.45, 7) is 6.50. The zero-order valence-corrected chi connectivity index (χ0v) is 11.2. The lowest BCUT2D eigenvalue weighted by Gasteiger charge is -2.20. The summed E-state index contributed by atoms with van der Waals surface area (Å²) in [6.07, 6.45) is 2.63. The Labute approximate surface area is 108 Å². The van der Waals surface area contributed by atoms with Crippen LogP contribution >= 0.6 is 0 Å². The largest absolute Gasteiger partial charge is 0.377 e. The summed E-state index contributed by atoms with van der Waals surface area (Å²) in [5, 5.41) is 3.44. The quantitative estimate of drug-likeness (QED) is 0.857. The fraction of sp³-hybridized carbons (Fsp3) is 0.643. The molecular weight excluding hydrogens is 228 g/mol. The van der Waals surface area contributed by atoms with Gasteiger partial charge in [-0.2, -0.15) is 0 Å². The van der Waals surface area contributed by atoms with Crippen molar-refractivity contribution < 1.29 is 4.74 Å². The van der Waals surface area contributed by atoms with Gasteiger partial charge < -0.3 is 14.6 Å².